The summed E-state index contributed by atoms with van der Waals surface area (Å²) in [6.45, 7) is 0. The molecule has 2 aromatic heterocycles. The standard InChI is InChI=1S/C26H13Cl3FN3/c27-18-6-3-7-20(30)22(18)26-32-23-17-11-19(28)16(12-21(17)31-25(29)24(23)33-26)15-9-8-13-4-1-2-5-14(13)10-15/h1-12H,(H,32,33). The first-order chi connectivity index (χ1) is 16.0. The van der Waals surface area contributed by atoms with Crippen molar-refractivity contribution in [2.75, 3.05) is 0 Å². The Hall–Kier alpha value is -3.18. The van der Waals surface area contributed by atoms with Gasteiger partial charge in [-0.25, -0.2) is 14.4 Å². The number of pyridine rings is 1. The fourth-order valence-electron chi connectivity index (χ4n) is 4.14. The van der Waals surface area contributed by atoms with Crippen molar-refractivity contribution in [3.63, 3.8) is 0 Å². The van der Waals surface area contributed by atoms with E-state index < -0.39 is 5.82 Å². The molecule has 0 saturated heterocycles. The van der Waals surface area contributed by atoms with Crippen LogP contribution >= 0.6 is 34.8 Å². The van der Waals surface area contributed by atoms with Crippen molar-refractivity contribution in [2.45, 2.75) is 0 Å². The molecule has 0 atom stereocenters. The number of benzene rings is 4. The van der Waals surface area contributed by atoms with Crippen molar-refractivity contribution >= 4 is 67.5 Å². The number of aromatic amines is 1. The number of rotatable bonds is 2. The van der Waals surface area contributed by atoms with Gasteiger partial charge in [-0.1, -0.05) is 77.3 Å². The molecular weight excluding hydrogens is 480 g/mol. The predicted molar refractivity (Wildman–Crippen MR) is 135 cm³/mol. The van der Waals surface area contributed by atoms with Crippen molar-refractivity contribution in [1.29, 1.82) is 0 Å². The molecule has 2 heterocycles. The van der Waals surface area contributed by atoms with E-state index in [1.807, 2.05) is 30.3 Å². The Labute approximate surface area is 202 Å². The van der Waals surface area contributed by atoms with Crippen molar-refractivity contribution in [2.24, 2.45) is 0 Å². The smallest absolute Gasteiger partial charge is 0.155 e. The molecule has 7 heteroatoms. The van der Waals surface area contributed by atoms with Crippen LogP contribution in [0.25, 0.3) is 55.2 Å². The topological polar surface area (TPSA) is 41.6 Å². The van der Waals surface area contributed by atoms with Gasteiger partial charge in [-0.05, 0) is 46.7 Å². The molecule has 0 aliphatic heterocycles. The minimum absolute atomic E-state index is 0.179. The molecule has 0 unspecified atom stereocenters. The summed E-state index contributed by atoms with van der Waals surface area (Å²) in [5, 5.41) is 4.01. The molecule has 0 saturated carbocycles. The Kier molecular flexibility index (Phi) is 4.77. The van der Waals surface area contributed by atoms with Crippen molar-refractivity contribution in [3.05, 3.63) is 93.8 Å². The third-order valence-corrected chi connectivity index (χ3v) is 6.63. The van der Waals surface area contributed by atoms with E-state index in [2.05, 4.69) is 39.2 Å². The zero-order valence-electron chi connectivity index (χ0n) is 16.8. The van der Waals surface area contributed by atoms with E-state index in [0.717, 1.165) is 21.9 Å². The summed E-state index contributed by atoms with van der Waals surface area (Å²) in [6.07, 6.45) is 0. The molecule has 6 aromatic rings. The third kappa shape index (κ3) is 3.34. The number of aromatic nitrogens is 3. The van der Waals surface area contributed by atoms with Gasteiger partial charge in [0.2, 0.25) is 0 Å². The van der Waals surface area contributed by atoms with Crippen molar-refractivity contribution < 1.29 is 4.39 Å². The summed E-state index contributed by atoms with van der Waals surface area (Å²) < 4.78 is 14.5. The van der Waals surface area contributed by atoms with Gasteiger partial charge in [-0.15, -0.1) is 0 Å². The number of H-pyrrole nitrogens is 1. The fourth-order valence-corrected chi connectivity index (χ4v) is 4.90. The van der Waals surface area contributed by atoms with E-state index in [1.165, 1.54) is 6.07 Å². The van der Waals surface area contributed by atoms with E-state index in [1.54, 1.807) is 12.1 Å². The highest BCUT2D eigenvalue weighted by Crippen LogP contribution is 2.38. The fraction of sp³-hybridized carbons (Fsp3) is 0. The van der Waals surface area contributed by atoms with Crippen LogP contribution in [0.5, 0.6) is 0 Å². The first-order valence-corrected chi connectivity index (χ1v) is 11.2. The van der Waals surface area contributed by atoms with Gasteiger partial charge in [0, 0.05) is 16.0 Å². The molecule has 0 bridgehead atoms. The number of imidazole rings is 1. The molecule has 0 spiro atoms. The second-order valence-electron chi connectivity index (χ2n) is 7.72. The average Bonchev–Trinajstić information content (AvgIpc) is 3.25. The predicted octanol–water partition coefficient (Wildman–Crippen LogP) is 8.70. The lowest BCUT2D eigenvalue weighted by atomic mass is 10.00. The molecular formula is C26H13Cl3FN3. The van der Waals surface area contributed by atoms with Crippen LogP contribution in [0.2, 0.25) is 15.2 Å². The van der Waals surface area contributed by atoms with E-state index in [4.69, 9.17) is 34.8 Å². The molecule has 0 aliphatic rings. The van der Waals surface area contributed by atoms with Crippen LogP contribution in [0.1, 0.15) is 0 Å². The van der Waals surface area contributed by atoms with Gasteiger partial charge in [0.05, 0.1) is 16.1 Å². The molecule has 0 aliphatic carbocycles. The first-order valence-electron chi connectivity index (χ1n) is 10.1. The zero-order chi connectivity index (χ0) is 22.7. The maximum Gasteiger partial charge on any atom is 0.155 e. The molecule has 160 valence electrons. The summed E-state index contributed by atoms with van der Waals surface area (Å²) >= 11 is 19.4. The van der Waals surface area contributed by atoms with Crippen LogP contribution in [0.15, 0.2) is 72.8 Å². The molecule has 0 radical (unpaired) electrons. The number of halogens is 4. The Morgan fingerprint density at radius 3 is 2.39 bits per heavy atom. The van der Waals surface area contributed by atoms with Crippen LogP contribution in [0.3, 0.4) is 0 Å². The first kappa shape index (κ1) is 20.4. The molecule has 33 heavy (non-hydrogen) atoms. The minimum Gasteiger partial charge on any atom is -0.335 e. The molecule has 6 rings (SSSR count). The van der Waals surface area contributed by atoms with Gasteiger partial charge >= 0.3 is 0 Å². The van der Waals surface area contributed by atoms with Crippen LogP contribution in [0.4, 0.5) is 4.39 Å². The number of hydrogen-bond acceptors (Lipinski definition) is 2. The number of nitrogens with one attached hydrogen (secondary N) is 1. The summed E-state index contributed by atoms with van der Waals surface area (Å²) in [6, 6.07) is 22.5. The SMILES string of the molecule is Fc1cccc(Cl)c1-c1nc2c([nH]1)c(Cl)nc1cc(-c3ccc4ccccc4c3)c(Cl)cc12. The second-order valence-corrected chi connectivity index (χ2v) is 8.89. The van der Waals surface area contributed by atoms with Gasteiger partial charge in [0.15, 0.2) is 5.15 Å². The Bertz CT molecular complexity index is 1710. The maximum atomic E-state index is 14.5. The monoisotopic (exact) mass is 491 g/mol. The van der Waals surface area contributed by atoms with Gasteiger partial charge in [0.25, 0.3) is 0 Å². The molecule has 1 N–H and O–H groups in total. The molecule has 3 nitrogen and oxygen atoms in total. The highest BCUT2D eigenvalue weighted by Gasteiger charge is 2.19. The van der Waals surface area contributed by atoms with E-state index in [-0.39, 0.29) is 21.6 Å². The van der Waals surface area contributed by atoms with Crippen LogP contribution in [0, 0.1) is 5.82 Å². The average molecular weight is 493 g/mol. The zero-order valence-corrected chi connectivity index (χ0v) is 19.1. The highest BCUT2D eigenvalue weighted by atomic mass is 35.5. The summed E-state index contributed by atoms with van der Waals surface area (Å²) in [7, 11) is 0. The Morgan fingerprint density at radius 1 is 0.758 bits per heavy atom. The van der Waals surface area contributed by atoms with Crippen LogP contribution in [-0.2, 0) is 0 Å². The van der Waals surface area contributed by atoms with Gasteiger partial charge < -0.3 is 4.98 Å². The summed E-state index contributed by atoms with van der Waals surface area (Å²) in [4.78, 5) is 12.2. The lowest BCUT2D eigenvalue weighted by Crippen LogP contribution is -1.88. The molecule has 0 fully saturated rings. The van der Waals surface area contributed by atoms with Crippen LogP contribution < -0.4 is 0 Å². The van der Waals surface area contributed by atoms with E-state index >= 15 is 0 Å². The summed E-state index contributed by atoms with van der Waals surface area (Å²) in [5.41, 5.74) is 3.67. The van der Waals surface area contributed by atoms with E-state index in [0.29, 0.717) is 27.0 Å². The summed E-state index contributed by atoms with van der Waals surface area (Å²) in [5.74, 6) is -0.203. The lowest BCUT2D eigenvalue weighted by molar-refractivity contribution is 0.630. The second kappa shape index (κ2) is 7.70. The quantitative estimate of drug-likeness (QED) is 0.246. The number of hydrogen-bond donors (Lipinski definition) is 1. The number of nitrogens with zero attached hydrogens (tertiary/aromatic N) is 2. The third-order valence-electron chi connectivity index (χ3n) is 5.73. The van der Waals surface area contributed by atoms with Gasteiger partial charge in [-0.2, -0.15) is 0 Å². The highest BCUT2D eigenvalue weighted by molar-refractivity contribution is 6.37. The Balaban J connectivity index is 1.58. The number of fused-ring (bicyclic) bond motifs is 4. The van der Waals surface area contributed by atoms with Crippen molar-refractivity contribution in [1.82, 2.24) is 15.0 Å². The normalized spacial score (nSPS) is 11.6. The molecule has 4 aromatic carbocycles. The molecule has 0 amide bonds. The largest absolute Gasteiger partial charge is 0.335 e. The van der Waals surface area contributed by atoms with E-state index in [9.17, 15) is 4.39 Å². The lowest BCUT2D eigenvalue weighted by Gasteiger charge is -2.09. The van der Waals surface area contributed by atoms with Gasteiger partial charge in [-0.3, -0.25) is 0 Å². The Morgan fingerprint density at radius 2 is 1.58 bits per heavy atom. The minimum atomic E-state index is -0.480. The van der Waals surface area contributed by atoms with Crippen molar-refractivity contribution in [3.8, 4) is 22.5 Å². The van der Waals surface area contributed by atoms with Crippen LogP contribution in [-0.4, -0.2) is 15.0 Å². The van der Waals surface area contributed by atoms with Gasteiger partial charge in [0.1, 0.15) is 22.7 Å². The maximum absolute atomic E-state index is 14.5.